The van der Waals surface area contributed by atoms with Crippen molar-refractivity contribution in [2.75, 3.05) is 11.1 Å². The average Bonchev–Trinajstić information content (AvgIpc) is 2.58. The third-order valence-corrected chi connectivity index (χ3v) is 5.25. The Labute approximate surface area is 156 Å². The summed E-state index contributed by atoms with van der Waals surface area (Å²) in [7, 11) is 0. The van der Waals surface area contributed by atoms with Gasteiger partial charge in [-0.05, 0) is 61.7 Å². The van der Waals surface area contributed by atoms with Crippen LogP contribution >= 0.6 is 11.8 Å². The number of amides is 1. The van der Waals surface area contributed by atoms with Crippen LogP contribution in [0.5, 0.6) is 0 Å². The molecule has 0 saturated carbocycles. The van der Waals surface area contributed by atoms with E-state index in [-0.39, 0.29) is 11.5 Å². The minimum absolute atomic E-state index is 0.0573. The molecule has 0 saturated heterocycles. The minimum Gasteiger partial charge on any atom is -0.423 e. The number of hydrogen-bond acceptors (Lipinski definition) is 4. The number of nitrogens with one attached hydrogen (secondary N) is 1. The van der Waals surface area contributed by atoms with E-state index in [2.05, 4.69) is 5.32 Å². The van der Waals surface area contributed by atoms with Crippen molar-refractivity contribution in [2.45, 2.75) is 26.5 Å². The van der Waals surface area contributed by atoms with Gasteiger partial charge in [-0.2, -0.15) is 0 Å². The lowest BCUT2D eigenvalue weighted by atomic mass is 10.0. The zero-order valence-corrected chi connectivity index (χ0v) is 15.9. The molecular weight excluding hydrogens is 346 g/mol. The molecule has 0 aliphatic rings. The van der Waals surface area contributed by atoms with Crippen LogP contribution in [0.3, 0.4) is 0 Å². The smallest absolute Gasteiger partial charge is 0.336 e. The molecule has 1 N–H and O–H groups in total. The molecule has 0 atom stereocenters. The highest BCUT2D eigenvalue weighted by molar-refractivity contribution is 7.99. The summed E-state index contributed by atoms with van der Waals surface area (Å²) in [6.45, 7) is 6.03. The fourth-order valence-corrected chi connectivity index (χ4v) is 3.51. The summed E-state index contributed by atoms with van der Waals surface area (Å²) in [5, 5.41) is 3.81. The molecule has 1 aromatic heterocycles. The first-order chi connectivity index (χ1) is 12.4. The molecule has 1 heterocycles. The zero-order valence-electron chi connectivity index (χ0n) is 15.1. The molecule has 0 bridgehead atoms. The van der Waals surface area contributed by atoms with Crippen LogP contribution in [0.1, 0.15) is 22.3 Å². The largest absolute Gasteiger partial charge is 0.423 e. The number of aryl methyl sites for hydroxylation is 3. The number of rotatable bonds is 5. The van der Waals surface area contributed by atoms with E-state index < -0.39 is 0 Å². The number of thioether (sulfide) groups is 1. The first-order valence-electron chi connectivity index (χ1n) is 8.40. The van der Waals surface area contributed by atoms with Crippen molar-refractivity contribution in [3.05, 3.63) is 75.1 Å². The Balaban J connectivity index is 1.67. The Bertz CT molecular complexity index is 1010. The summed E-state index contributed by atoms with van der Waals surface area (Å²) in [6.07, 6.45) is 0. The van der Waals surface area contributed by atoms with Gasteiger partial charge in [-0.3, -0.25) is 4.79 Å². The van der Waals surface area contributed by atoms with Gasteiger partial charge in [-0.25, -0.2) is 4.79 Å². The highest BCUT2D eigenvalue weighted by Crippen LogP contribution is 2.24. The average molecular weight is 367 g/mol. The molecule has 3 aromatic rings. The fourth-order valence-electron chi connectivity index (χ4n) is 2.69. The van der Waals surface area contributed by atoms with E-state index in [4.69, 9.17) is 4.42 Å². The molecule has 0 fully saturated rings. The number of hydrogen-bond donors (Lipinski definition) is 1. The van der Waals surface area contributed by atoms with Gasteiger partial charge in [0.05, 0.1) is 5.75 Å². The maximum absolute atomic E-state index is 12.1. The van der Waals surface area contributed by atoms with Gasteiger partial charge < -0.3 is 9.73 Å². The molecule has 2 aromatic carbocycles. The Hall–Kier alpha value is -2.53. The van der Waals surface area contributed by atoms with Crippen molar-refractivity contribution in [1.82, 2.24) is 0 Å². The van der Waals surface area contributed by atoms with Crippen LogP contribution in [-0.4, -0.2) is 11.7 Å². The van der Waals surface area contributed by atoms with E-state index >= 15 is 0 Å². The lowest BCUT2D eigenvalue weighted by molar-refractivity contribution is -0.113. The van der Waals surface area contributed by atoms with Crippen molar-refractivity contribution < 1.29 is 9.21 Å². The fraction of sp³-hybridized carbons (Fsp3) is 0.238. The summed E-state index contributed by atoms with van der Waals surface area (Å²) < 4.78 is 5.31. The van der Waals surface area contributed by atoms with Crippen LogP contribution in [-0.2, 0) is 10.5 Å². The molecule has 0 aliphatic heterocycles. The predicted molar refractivity (Wildman–Crippen MR) is 108 cm³/mol. The van der Waals surface area contributed by atoms with Gasteiger partial charge in [0, 0.05) is 22.9 Å². The lowest BCUT2D eigenvalue weighted by Gasteiger charge is -2.09. The number of anilines is 1. The van der Waals surface area contributed by atoms with Crippen molar-refractivity contribution >= 4 is 34.3 Å². The second-order valence-electron chi connectivity index (χ2n) is 6.43. The molecule has 26 heavy (non-hydrogen) atoms. The van der Waals surface area contributed by atoms with Crippen LogP contribution in [0, 0.1) is 20.8 Å². The van der Waals surface area contributed by atoms with Crippen LogP contribution in [0.4, 0.5) is 5.69 Å². The Morgan fingerprint density at radius 3 is 2.46 bits per heavy atom. The number of carbonyl (C=O) groups is 1. The Morgan fingerprint density at radius 1 is 1.04 bits per heavy atom. The van der Waals surface area contributed by atoms with E-state index in [1.807, 2.05) is 57.2 Å². The van der Waals surface area contributed by atoms with E-state index in [0.717, 1.165) is 33.3 Å². The van der Waals surface area contributed by atoms with Gasteiger partial charge in [-0.1, -0.05) is 17.7 Å². The predicted octanol–water partition coefficient (Wildman–Crippen LogP) is 4.59. The summed E-state index contributed by atoms with van der Waals surface area (Å²) >= 11 is 1.48. The first kappa shape index (κ1) is 18.3. The molecule has 0 unspecified atom stereocenters. The van der Waals surface area contributed by atoms with E-state index in [1.165, 1.54) is 17.8 Å². The van der Waals surface area contributed by atoms with Gasteiger partial charge >= 0.3 is 5.63 Å². The second-order valence-corrected chi connectivity index (χ2v) is 7.42. The van der Waals surface area contributed by atoms with E-state index in [1.54, 1.807) is 0 Å². The molecule has 3 rings (SSSR count). The molecule has 0 radical (unpaired) electrons. The lowest BCUT2D eigenvalue weighted by Crippen LogP contribution is -2.14. The monoisotopic (exact) mass is 367 g/mol. The van der Waals surface area contributed by atoms with Gasteiger partial charge in [0.25, 0.3) is 0 Å². The quantitative estimate of drug-likeness (QED) is 0.670. The molecule has 134 valence electrons. The van der Waals surface area contributed by atoms with Crippen LogP contribution in [0.15, 0.2) is 51.7 Å². The first-order valence-corrected chi connectivity index (χ1v) is 9.56. The Morgan fingerprint density at radius 2 is 1.73 bits per heavy atom. The van der Waals surface area contributed by atoms with E-state index in [0.29, 0.717) is 17.1 Å². The van der Waals surface area contributed by atoms with Crippen molar-refractivity contribution in [3.63, 3.8) is 0 Å². The number of carbonyl (C=O) groups excluding carboxylic acids is 1. The van der Waals surface area contributed by atoms with Crippen LogP contribution in [0.25, 0.3) is 11.0 Å². The third-order valence-electron chi connectivity index (χ3n) is 4.27. The maximum Gasteiger partial charge on any atom is 0.336 e. The molecule has 4 nitrogen and oxygen atoms in total. The Kier molecular flexibility index (Phi) is 5.47. The van der Waals surface area contributed by atoms with Crippen LogP contribution in [0.2, 0.25) is 0 Å². The molecule has 1 amide bonds. The summed E-state index contributed by atoms with van der Waals surface area (Å²) in [5.41, 5.74) is 5.31. The van der Waals surface area contributed by atoms with Gasteiger partial charge in [0.1, 0.15) is 5.58 Å². The number of benzene rings is 2. The molecule has 0 spiro atoms. The van der Waals surface area contributed by atoms with Crippen molar-refractivity contribution in [3.8, 4) is 0 Å². The number of fused-ring (bicyclic) bond motifs is 1. The van der Waals surface area contributed by atoms with E-state index in [9.17, 15) is 9.59 Å². The standard InChI is InChI=1S/C21H21NO3S/c1-13-4-6-17(7-5-13)22-20(23)12-26-11-16-10-21(24)25-19-9-15(3)14(2)8-18(16)19/h4-10H,11-12H2,1-3H3,(H,22,23). The highest BCUT2D eigenvalue weighted by Gasteiger charge is 2.09. The minimum atomic E-state index is -0.361. The zero-order chi connectivity index (χ0) is 18.7. The van der Waals surface area contributed by atoms with Gasteiger partial charge in [0.15, 0.2) is 0 Å². The van der Waals surface area contributed by atoms with Crippen molar-refractivity contribution in [1.29, 1.82) is 0 Å². The summed E-state index contributed by atoms with van der Waals surface area (Å²) in [5.74, 6) is 0.838. The van der Waals surface area contributed by atoms with Gasteiger partial charge in [-0.15, -0.1) is 11.8 Å². The normalized spacial score (nSPS) is 10.9. The highest BCUT2D eigenvalue weighted by atomic mass is 32.2. The van der Waals surface area contributed by atoms with Crippen LogP contribution < -0.4 is 10.9 Å². The topological polar surface area (TPSA) is 59.3 Å². The molecule has 5 heteroatoms. The molecule has 0 aliphatic carbocycles. The summed E-state index contributed by atoms with van der Waals surface area (Å²) in [6, 6.07) is 13.1. The maximum atomic E-state index is 12.1. The summed E-state index contributed by atoms with van der Waals surface area (Å²) in [4.78, 5) is 23.9. The third kappa shape index (κ3) is 4.35. The SMILES string of the molecule is Cc1ccc(NC(=O)CSCc2cc(=O)oc3cc(C)c(C)cc23)cc1. The van der Waals surface area contributed by atoms with Crippen molar-refractivity contribution in [2.24, 2.45) is 0 Å². The molecular formula is C21H21NO3S. The van der Waals surface area contributed by atoms with Gasteiger partial charge in [0.2, 0.25) is 5.91 Å². The second kappa shape index (κ2) is 7.79.